The highest BCUT2D eigenvalue weighted by molar-refractivity contribution is 5.91. The maximum atomic E-state index is 12.5. The van der Waals surface area contributed by atoms with Crippen LogP contribution < -0.4 is 14.8 Å². The standard InChI is InChI=1S/C32H31N7O8/c1-32(2)46-25-23(15-43-31(41)38-13-12-33-17-38)45-29(26(25)47-32)39-18-37-24-27(35-16-36-28(24)39)34-14-19-4-8-22(9-5-19)44-30(40)20-6-10-21(42-3)11-7-20/h4-13,16-18,23,25-26,29H,14-15H2,1-3H3,(H,34,35,36)/t23-,25?,26+,29-/m1/s1. The smallest absolute Gasteiger partial charge is 0.419 e. The van der Waals surface area contributed by atoms with Crippen LogP contribution in [0, 0.1) is 0 Å². The van der Waals surface area contributed by atoms with Gasteiger partial charge in [0.1, 0.15) is 49.1 Å². The Bertz CT molecular complexity index is 1880. The molecular weight excluding hydrogens is 610 g/mol. The molecule has 15 nitrogen and oxygen atoms in total. The molecule has 7 rings (SSSR count). The number of rotatable bonds is 9. The highest BCUT2D eigenvalue weighted by Crippen LogP contribution is 2.44. The first kappa shape index (κ1) is 30.3. The molecule has 0 bridgehead atoms. The summed E-state index contributed by atoms with van der Waals surface area (Å²) in [6, 6.07) is 13.9. The van der Waals surface area contributed by atoms with E-state index in [1.54, 1.807) is 54.4 Å². The van der Waals surface area contributed by atoms with Crippen LogP contribution >= 0.6 is 0 Å². The van der Waals surface area contributed by atoms with Gasteiger partial charge >= 0.3 is 12.1 Å². The first-order valence-corrected chi connectivity index (χ1v) is 14.8. The Morgan fingerprint density at radius 2 is 1.72 bits per heavy atom. The van der Waals surface area contributed by atoms with E-state index >= 15 is 0 Å². The summed E-state index contributed by atoms with van der Waals surface area (Å²) in [5.41, 5.74) is 2.40. The summed E-state index contributed by atoms with van der Waals surface area (Å²) in [5.74, 6) is 0.265. The van der Waals surface area contributed by atoms with Gasteiger partial charge < -0.3 is 33.7 Å². The van der Waals surface area contributed by atoms with Crippen LogP contribution in [0.25, 0.3) is 11.2 Å². The Balaban J connectivity index is 1.02. The molecule has 4 atom stereocenters. The Kier molecular flexibility index (Phi) is 8.01. The monoisotopic (exact) mass is 641 g/mol. The molecule has 1 unspecified atom stereocenters. The highest BCUT2D eigenvalue weighted by atomic mass is 16.8. The second-order valence-corrected chi connectivity index (χ2v) is 11.3. The molecule has 0 amide bonds. The molecule has 0 aliphatic carbocycles. The van der Waals surface area contributed by atoms with Gasteiger partial charge in [0.25, 0.3) is 0 Å². The average Bonchev–Trinajstić information content (AvgIpc) is 3.88. The zero-order valence-electron chi connectivity index (χ0n) is 25.7. The van der Waals surface area contributed by atoms with E-state index in [4.69, 9.17) is 28.4 Å². The van der Waals surface area contributed by atoms with Gasteiger partial charge in [0.05, 0.1) is 19.0 Å². The van der Waals surface area contributed by atoms with Crippen molar-refractivity contribution in [3.8, 4) is 11.5 Å². The molecule has 15 heteroatoms. The summed E-state index contributed by atoms with van der Waals surface area (Å²) in [4.78, 5) is 42.3. The fourth-order valence-corrected chi connectivity index (χ4v) is 5.53. The predicted molar refractivity (Wildman–Crippen MR) is 164 cm³/mol. The number of hydrogen-bond acceptors (Lipinski definition) is 13. The van der Waals surface area contributed by atoms with Crippen LogP contribution in [0.4, 0.5) is 10.6 Å². The minimum Gasteiger partial charge on any atom is -0.497 e. The molecule has 0 spiro atoms. The summed E-state index contributed by atoms with van der Waals surface area (Å²) in [7, 11) is 1.56. The minimum absolute atomic E-state index is 0.0536. The molecule has 0 radical (unpaired) electrons. The van der Waals surface area contributed by atoms with Crippen LogP contribution in [0.5, 0.6) is 11.5 Å². The summed E-state index contributed by atoms with van der Waals surface area (Å²) >= 11 is 0. The normalized spacial score (nSPS) is 21.3. The number of aromatic nitrogens is 6. The number of imidazole rings is 2. The Morgan fingerprint density at radius 1 is 0.957 bits per heavy atom. The number of carbonyl (C=O) groups excluding carboxylic acids is 2. The van der Waals surface area contributed by atoms with Crippen molar-refractivity contribution in [2.45, 2.75) is 50.7 Å². The van der Waals surface area contributed by atoms with E-state index in [2.05, 4.69) is 25.3 Å². The number of hydrogen-bond donors (Lipinski definition) is 1. The number of nitrogens with zero attached hydrogens (tertiary/aromatic N) is 6. The number of benzene rings is 2. The van der Waals surface area contributed by atoms with E-state index in [-0.39, 0.29) is 6.61 Å². The van der Waals surface area contributed by atoms with Crippen LogP contribution in [0.15, 0.2) is 79.9 Å². The van der Waals surface area contributed by atoms with E-state index in [0.29, 0.717) is 40.6 Å². The van der Waals surface area contributed by atoms with Crippen molar-refractivity contribution in [3.63, 3.8) is 0 Å². The van der Waals surface area contributed by atoms with Crippen LogP contribution in [0.2, 0.25) is 0 Å². The SMILES string of the molecule is COc1ccc(C(=O)Oc2ccc(CNc3ncnc4c3ncn4[C@@H]3O[C@H](COC(=O)n4ccnc4)C4OC(C)(C)O[C@@H]43)cc2)cc1. The first-order chi connectivity index (χ1) is 22.8. The topological polar surface area (TPSA) is 163 Å². The third-order valence-corrected chi connectivity index (χ3v) is 7.76. The molecule has 0 saturated carbocycles. The largest absolute Gasteiger partial charge is 0.497 e. The van der Waals surface area contributed by atoms with Crippen molar-refractivity contribution in [2.24, 2.45) is 0 Å². The van der Waals surface area contributed by atoms with E-state index in [1.807, 2.05) is 26.0 Å². The molecule has 47 heavy (non-hydrogen) atoms. The van der Waals surface area contributed by atoms with Crippen molar-refractivity contribution >= 4 is 29.0 Å². The summed E-state index contributed by atoms with van der Waals surface area (Å²) in [6.07, 6.45) is 4.57. The van der Waals surface area contributed by atoms with Crippen molar-refractivity contribution in [1.82, 2.24) is 29.1 Å². The number of carbonyl (C=O) groups is 2. The number of methoxy groups -OCH3 is 1. The Labute approximate surface area is 268 Å². The summed E-state index contributed by atoms with van der Waals surface area (Å²) < 4.78 is 37.8. The number of esters is 1. The molecule has 1 N–H and O–H groups in total. The van der Waals surface area contributed by atoms with E-state index in [0.717, 1.165) is 5.56 Å². The zero-order chi connectivity index (χ0) is 32.5. The highest BCUT2D eigenvalue weighted by Gasteiger charge is 2.56. The third-order valence-electron chi connectivity index (χ3n) is 7.76. The second kappa shape index (κ2) is 12.4. The number of anilines is 1. The lowest BCUT2D eigenvalue weighted by Crippen LogP contribution is -2.34. The predicted octanol–water partition coefficient (Wildman–Crippen LogP) is 3.97. The van der Waals surface area contributed by atoms with Gasteiger partial charge in [0, 0.05) is 18.9 Å². The maximum Gasteiger partial charge on any atom is 0.419 e. The molecule has 2 fully saturated rings. The fraction of sp³-hybridized carbons (Fsp3) is 0.312. The first-order valence-electron chi connectivity index (χ1n) is 14.8. The van der Waals surface area contributed by atoms with Crippen molar-refractivity contribution in [3.05, 3.63) is 91.0 Å². The quantitative estimate of drug-likeness (QED) is 0.182. The second-order valence-electron chi connectivity index (χ2n) is 11.3. The lowest BCUT2D eigenvalue weighted by atomic mass is 10.1. The molecule has 2 aliphatic rings. The van der Waals surface area contributed by atoms with Gasteiger partial charge in [0.15, 0.2) is 29.0 Å². The van der Waals surface area contributed by atoms with E-state index in [9.17, 15) is 9.59 Å². The average molecular weight is 642 g/mol. The Morgan fingerprint density at radius 3 is 2.47 bits per heavy atom. The third kappa shape index (κ3) is 6.23. The zero-order valence-corrected chi connectivity index (χ0v) is 25.7. The van der Waals surface area contributed by atoms with Crippen LogP contribution in [0.1, 0.15) is 36.0 Å². The van der Waals surface area contributed by atoms with Gasteiger partial charge in [0.2, 0.25) is 0 Å². The minimum atomic E-state index is -0.869. The van der Waals surface area contributed by atoms with Gasteiger partial charge in [-0.2, -0.15) is 0 Å². The van der Waals surface area contributed by atoms with E-state index < -0.39 is 42.4 Å². The molecule has 2 aromatic carbocycles. The van der Waals surface area contributed by atoms with Crippen molar-refractivity contribution in [2.75, 3.05) is 19.0 Å². The Hall–Kier alpha value is -5.38. The molecule has 5 aromatic rings. The van der Waals surface area contributed by atoms with Gasteiger partial charge in [-0.15, -0.1) is 0 Å². The molecule has 2 aliphatic heterocycles. The molecule has 2 saturated heterocycles. The summed E-state index contributed by atoms with van der Waals surface area (Å²) in [6.45, 7) is 4.02. The number of nitrogens with one attached hydrogen (secondary N) is 1. The maximum absolute atomic E-state index is 12.5. The molecular formula is C32H31N7O8. The van der Waals surface area contributed by atoms with Crippen molar-refractivity contribution in [1.29, 1.82) is 0 Å². The van der Waals surface area contributed by atoms with Gasteiger partial charge in [-0.1, -0.05) is 12.1 Å². The lowest BCUT2D eigenvalue weighted by molar-refractivity contribution is -0.199. The van der Waals surface area contributed by atoms with Gasteiger partial charge in [-0.3, -0.25) is 4.57 Å². The van der Waals surface area contributed by atoms with Crippen LogP contribution in [-0.2, 0) is 25.5 Å². The summed E-state index contributed by atoms with van der Waals surface area (Å²) in [5, 5.41) is 3.31. The van der Waals surface area contributed by atoms with Crippen LogP contribution in [0.3, 0.4) is 0 Å². The van der Waals surface area contributed by atoms with Gasteiger partial charge in [-0.05, 0) is 55.8 Å². The molecule has 3 aromatic heterocycles. The number of fused-ring (bicyclic) bond motifs is 2. The number of ether oxygens (including phenoxy) is 6. The van der Waals surface area contributed by atoms with E-state index in [1.165, 1.54) is 29.6 Å². The molecule has 242 valence electrons. The van der Waals surface area contributed by atoms with Crippen molar-refractivity contribution < 1.29 is 38.0 Å². The fourth-order valence-electron chi connectivity index (χ4n) is 5.53. The van der Waals surface area contributed by atoms with Crippen LogP contribution in [-0.4, -0.2) is 78.9 Å². The molecule has 5 heterocycles. The lowest BCUT2D eigenvalue weighted by Gasteiger charge is -2.24. The van der Waals surface area contributed by atoms with Gasteiger partial charge in [-0.25, -0.2) is 34.1 Å².